The van der Waals surface area contributed by atoms with E-state index in [1.54, 1.807) is 11.8 Å². The molecule has 1 aliphatic heterocycles. The topological polar surface area (TPSA) is 50.7 Å². The van der Waals surface area contributed by atoms with Crippen molar-refractivity contribution in [3.63, 3.8) is 0 Å². The van der Waals surface area contributed by atoms with E-state index in [9.17, 15) is 4.79 Å². The molecule has 0 aromatic heterocycles. The van der Waals surface area contributed by atoms with Gasteiger partial charge in [0.25, 0.3) is 5.91 Å². The molecule has 1 atom stereocenters. The number of hydrazone groups is 1. The maximum absolute atomic E-state index is 12.2. The van der Waals surface area contributed by atoms with E-state index in [0.717, 1.165) is 31.7 Å². The maximum Gasteiger partial charge on any atom is 0.253 e. The van der Waals surface area contributed by atoms with Gasteiger partial charge in [0.2, 0.25) is 0 Å². The van der Waals surface area contributed by atoms with E-state index in [-0.39, 0.29) is 11.2 Å². The van der Waals surface area contributed by atoms with E-state index in [1.807, 2.05) is 19.1 Å². The van der Waals surface area contributed by atoms with Crippen molar-refractivity contribution >= 4 is 55.2 Å². The molecule has 1 N–H and O–H groups in total. The summed E-state index contributed by atoms with van der Waals surface area (Å²) in [5, 5.41) is 4.11. The third-order valence-corrected chi connectivity index (χ3v) is 6.63. The van der Waals surface area contributed by atoms with Crippen LogP contribution in [0, 0.1) is 6.92 Å². The molecule has 2 aromatic carbocycles. The van der Waals surface area contributed by atoms with Gasteiger partial charge in [-0.25, -0.2) is 5.43 Å². The fraction of sp³-hybridized carbons (Fsp3) is 0.300. The van der Waals surface area contributed by atoms with E-state index < -0.39 is 0 Å². The fourth-order valence-electron chi connectivity index (χ4n) is 2.72. The smallest absolute Gasteiger partial charge is 0.253 e. The molecule has 0 saturated heterocycles. The first kappa shape index (κ1) is 20.4. The van der Waals surface area contributed by atoms with Crippen LogP contribution in [0.4, 0.5) is 0 Å². The van der Waals surface area contributed by atoms with Gasteiger partial charge >= 0.3 is 0 Å². The Morgan fingerprint density at radius 2 is 1.89 bits per heavy atom. The SMILES string of the molecule is CCOc1c(Br)cc(C2=NNC(=O)C(SCc3ccc(C)cc3)C2)cc1Br. The standard InChI is InChI=1S/C20H20Br2N2O2S/c1-3-26-19-15(21)8-14(9-16(19)22)17-10-18(20(25)24-23-17)27-11-13-6-4-12(2)5-7-13/h4-9,18H,3,10-11H2,1-2H3,(H,24,25). The molecule has 0 fully saturated rings. The first-order valence-electron chi connectivity index (χ1n) is 8.63. The number of nitrogens with zero attached hydrogens (tertiary/aromatic N) is 1. The molecule has 0 radical (unpaired) electrons. The molecular formula is C20H20Br2N2O2S. The quantitative estimate of drug-likeness (QED) is 0.561. The summed E-state index contributed by atoms with van der Waals surface area (Å²) in [5.41, 5.74) is 6.94. The van der Waals surface area contributed by atoms with Gasteiger partial charge < -0.3 is 4.74 Å². The number of aryl methyl sites for hydroxylation is 1. The van der Waals surface area contributed by atoms with Crippen molar-refractivity contribution < 1.29 is 9.53 Å². The van der Waals surface area contributed by atoms with E-state index in [1.165, 1.54) is 11.1 Å². The summed E-state index contributed by atoms with van der Waals surface area (Å²) in [6.45, 7) is 4.61. The van der Waals surface area contributed by atoms with E-state index in [4.69, 9.17) is 4.74 Å². The molecule has 1 amide bonds. The second-order valence-electron chi connectivity index (χ2n) is 6.23. The predicted octanol–water partition coefficient (Wildman–Crippen LogP) is 5.44. The lowest BCUT2D eigenvalue weighted by molar-refractivity contribution is -0.120. The molecule has 7 heteroatoms. The van der Waals surface area contributed by atoms with Crippen LogP contribution < -0.4 is 10.2 Å². The highest BCUT2D eigenvalue weighted by Gasteiger charge is 2.27. The lowest BCUT2D eigenvalue weighted by Gasteiger charge is -2.22. The molecule has 2 aromatic rings. The molecule has 142 valence electrons. The zero-order valence-corrected chi connectivity index (χ0v) is 19.1. The Hall–Kier alpha value is -1.31. The largest absolute Gasteiger partial charge is 0.492 e. The normalized spacial score (nSPS) is 16.7. The minimum Gasteiger partial charge on any atom is -0.492 e. The predicted molar refractivity (Wildman–Crippen MR) is 119 cm³/mol. The number of ether oxygens (including phenoxy) is 1. The number of rotatable bonds is 6. The van der Waals surface area contributed by atoms with Crippen LogP contribution >= 0.6 is 43.6 Å². The summed E-state index contributed by atoms with van der Waals surface area (Å²) >= 11 is 8.76. The van der Waals surface area contributed by atoms with Gasteiger partial charge in [-0.3, -0.25) is 4.79 Å². The van der Waals surface area contributed by atoms with Gasteiger partial charge in [0, 0.05) is 17.7 Å². The van der Waals surface area contributed by atoms with Crippen molar-refractivity contribution in [1.82, 2.24) is 5.43 Å². The zero-order chi connectivity index (χ0) is 19.4. The highest BCUT2D eigenvalue weighted by molar-refractivity contribution is 9.11. The Morgan fingerprint density at radius 3 is 2.52 bits per heavy atom. The number of benzene rings is 2. The van der Waals surface area contributed by atoms with Gasteiger partial charge in [-0.1, -0.05) is 29.8 Å². The fourth-order valence-corrected chi connectivity index (χ4v) is 5.20. The van der Waals surface area contributed by atoms with Crippen molar-refractivity contribution in [2.24, 2.45) is 5.10 Å². The molecule has 27 heavy (non-hydrogen) atoms. The van der Waals surface area contributed by atoms with E-state index >= 15 is 0 Å². The lowest BCUT2D eigenvalue weighted by Crippen LogP contribution is -2.37. The van der Waals surface area contributed by atoms with Crippen molar-refractivity contribution in [2.45, 2.75) is 31.3 Å². The third kappa shape index (κ3) is 5.15. The number of halogens is 2. The average molecular weight is 512 g/mol. The van der Waals surface area contributed by atoms with Crippen LogP contribution in [-0.2, 0) is 10.5 Å². The van der Waals surface area contributed by atoms with Gasteiger partial charge in [0.1, 0.15) is 5.75 Å². The monoisotopic (exact) mass is 510 g/mol. The Morgan fingerprint density at radius 1 is 1.22 bits per heavy atom. The molecule has 1 aliphatic rings. The number of carbonyl (C=O) groups excluding carboxylic acids is 1. The first-order chi connectivity index (χ1) is 13.0. The van der Waals surface area contributed by atoms with Gasteiger partial charge in [-0.05, 0) is 63.4 Å². The molecule has 0 spiro atoms. The first-order valence-corrected chi connectivity index (χ1v) is 11.3. The average Bonchev–Trinajstić information content (AvgIpc) is 2.65. The van der Waals surface area contributed by atoms with Crippen molar-refractivity contribution in [3.05, 3.63) is 62.0 Å². The number of hydrogen-bond acceptors (Lipinski definition) is 4. The molecule has 0 aliphatic carbocycles. The summed E-state index contributed by atoms with van der Waals surface area (Å²) < 4.78 is 7.35. The van der Waals surface area contributed by atoms with Crippen LogP contribution in [0.15, 0.2) is 50.4 Å². The van der Waals surface area contributed by atoms with Crippen molar-refractivity contribution in [2.75, 3.05) is 6.61 Å². The number of thioether (sulfide) groups is 1. The summed E-state index contributed by atoms with van der Waals surface area (Å²) in [6.07, 6.45) is 0.592. The molecule has 3 rings (SSSR count). The molecule has 4 nitrogen and oxygen atoms in total. The Bertz CT molecular complexity index is 846. The highest BCUT2D eigenvalue weighted by atomic mass is 79.9. The minimum atomic E-state index is -0.164. The molecule has 0 saturated carbocycles. The lowest BCUT2D eigenvalue weighted by atomic mass is 10.0. The minimum absolute atomic E-state index is 0.0417. The summed E-state index contributed by atoms with van der Waals surface area (Å²) in [4.78, 5) is 12.2. The van der Waals surface area contributed by atoms with Gasteiger partial charge in [-0.15, -0.1) is 11.8 Å². The van der Waals surface area contributed by atoms with E-state index in [0.29, 0.717) is 13.0 Å². The van der Waals surface area contributed by atoms with Crippen LogP contribution in [0.1, 0.15) is 30.0 Å². The summed E-state index contributed by atoms with van der Waals surface area (Å²) in [5.74, 6) is 1.52. The Balaban J connectivity index is 1.72. The Kier molecular flexibility index (Phi) is 7.00. The van der Waals surface area contributed by atoms with Crippen LogP contribution in [0.5, 0.6) is 5.75 Å². The number of carbonyl (C=O) groups is 1. The highest BCUT2D eigenvalue weighted by Crippen LogP contribution is 2.36. The third-order valence-electron chi connectivity index (χ3n) is 4.16. The number of nitrogens with one attached hydrogen (secondary N) is 1. The second-order valence-corrected chi connectivity index (χ2v) is 9.13. The maximum atomic E-state index is 12.2. The Labute approximate surface area is 180 Å². The second kappa shape index (κ2) is 9.26. The van der Waals surface area contributed by atoms with Crippen LogP contribution in [0.3, 0.4) is 0 Å². The van der Waals surface area contributed by atoms with Crippen LogP contribution in [0.25, 0.3) is 0 Å². The van der Waals surface area contributed by atoms with Crippen molar-refractivity contribution in [1.29, 1.82) is 0 Å². The van der Waals surface area contributed by atoms with Gasteiger partial charge in [-0.2, -0.15) is 5.10 Å². The van der Waals surface area contributed by atoms with Crippen molar-refractivity contribution in [3.8, 4) is 5.75 Å². The number of amides is 1. The van der Waals surface area contributed by atoms with E-state index in [2.05, 4.69) is 73.6 Å². The molecular weight excluding hydrogens is 492 g/mol. The van der Waals surface area contributed by atoms with Gasteiger partial charge in [0.15, 0.2) is 0 Å². The summed E-state index contributed by atoms with van der Waals surface area (Å²) in [6, 6.07) is 12.4. The summed E-state index contributed by atoms with van der Waals surface area (Å²) in [7, 11) is 0. The number of hydrogen-bond donors (Lipinski definition) is 1. The zero-order valence-electron chi connectivity index (χ0n) is 15.1. The van der Waals surface area contributed by atoms with Gasteiger partial charge in [0.05, 0.1) is 26.5 Å². The molecule has 0 bridgehead atoms. The molecule has 1 unspecified atom stereocenters. The van der Waals surface area contributed by atoms with Crippen LogP contribution in [-0.4, -0.2) is 23.5 Å². The molecule has 1 heterocycles. The van der Waals surface area contributed by atoms with Crippen LogP contribution in [0.2, 0.25) is 0 Å².